The van der Waals surface area contributed by atoms with Crippen LogP contribution in [0.15, 0.2) is 0 Å². The van der Waals surface area contributed by atoms with Gasteiger partial charge in [-0.15, -0.1) is 0 Å². The maximum absolute atomic E-state index is 2.12. The zero-order valence-corrected chi connectivity index (χ0v) is 6.35. The molecule has 0 bridgehead atoms. The molecule has 36 valence electrons. The molecule has 0 aliphatic heterocycles. The van der Waals surface area contributed by atoms with Gasteiger partial charge in [0.2, 0.25) is 0 Å². The van der Waals surface area contributed by atoms with Crippen molar-refractivity contribution in [2.24, 2.45) is 7.05 Å². The maximum Gasteiger partial charge on any atom is 0.0344 e. The molecule has 1 aromatic heterocycles. The van der Waals surface area contributed by atoms with Gasteiger partial charge in [-0.3, -0.25) is 0 Å². The van der Waals surface area contributed by atoms with Crippen molar-refractivity contribution in [2.75, 3.05) is 0 Å². The lowest BCUT2D eigenvalue weighted by Crippen LogP contribution is -1.64. The highest BCUT2D eigenvalue weighted by atomic mass is 33.4. The molecule has 0 amide bonds. The first-order valence-corrected chi connectivity index (χ1v) is 6.04. The van der Waals surface area contributed by atoms with E-state index in [0.29, 0.717) is 0 Å². The van der Waals surface area contributed by atoms with E-state index >= 15 is 0 Å². The molecule has 0 unspecified atom stereocenters. The molecule has 1 rings (SSSR count). The third-order valence-corrected chi connectivity index (χ3v) is 6.88. The van der Waals surface area contributed by atoms with Crippen LogP contribution in [-0.4, -0.2) is 3.35 Å². The molecule has 1 aromatic rings. The molecule has 0 aromatic carbocycles. The maximum atomic E-state index is 2.12. The van der Waals surface area contributed by atoms with E-state index < -0.39 is 0 Å². The van der Waals surface area contributed by atoms with Crippen molar-refractivity contribution in [3.8, 4) is 0 Å². The summed E-state index contributed by atoms with van der Waals surface area (Å²) in [5, 5.41) is 0. The Kier molecular flexibility index (Phi) is 1.70. The molecular formula is CH3NS4. The third-order valence-electron chi connectivity index (χ3n) is 0.299. The molecule has 0 saturated carbocycles. The lowest BCUT2D eigenvalue weighted by Gasteiger charge is -1.71. The molecule has 0 fully saturated rings. The van der Waals surface area contributed by atoms with Gasteiger partial charge in [0.05, 0.1) is 0 Å². The van der Waals surface area contributed by atoms with Crippen molar-refractivity contribution in [1.29, 1.82) is 0 Å². The molecule has 1 heterocycles. The Hall–Kier alpha value is 0.680. The number of nitrogens with zero attached hydrogens (tertiary/aromatic N) is 1. The zero-order chi connectivity index (χ0) is 4.41. The number of aromatic nitrogens is 1. The van der Waals surface area contributed by atoms with Crippen LogP contribution in [0, 0.1) is 0 Å². The molecule has 0 atom stereocenters. The van der Waals surface area contributed by atoms with Crippen molar-refractivity contribution in [3.63, 3.8) is 0 Å². The minimum atomic E-state index is 1.77. The molecule has 0 aliphatic rings. The Bertz CT molecular complexity index is 111. The highest BCUT2D eigenvalue weighted by Crippen LogP contribution is 2.18. The van der Waals surface area contributed by atoms with Crippen LogP contribution < -0.4 is 0 Å². The van der Waals surface area contributed by atoms with Gasteiger partial charge in [-0.2, -0.15) is 0 Å². The van der Waals surface area contributed by atoms with Gasteiger partial charge >= 0.3 is 0 Å². The highest BCUT2D eigenvalue weighted by molar-refractivity contribution is 8.08. The molecular weight excluding hydrogens is 154 g/mol. The summed E-state index contributed by atoms with van der Waals surface area (Å²) in [6, 6.07) is 0. The Balaban J connectivity index is 3.05. The van der Waals surface area contributed by atoms with Crippen LogP contribution in [0.4, 0.5) is 0 Å². The van der Waals surface area contributed by atoms with Gasteiger partial charge in [-0.25, -0.2) is 3.35 Å². The van der Waals surface area contributed by atoms with E-state index in [1.54, 1.807) is 39.8 Å². The Morgan fingerprint density at radius 1 is 1.17 bits per heavy atom. The smallest absolute Gasteiger partial charge is 0.0344 e. The van der Waals surface area contributed by atoms with E-state index in [4.69, 9.17) is 0 Å². The number of aryl methyl sites for hydroxylation is 1. The summed E-state index contributed by atoms with van der Waals surface area (Å²) in [6.45, 7) is 0. The number of hydrogen-bond acceptors (Lipinski definition) is 4. The van der Waals surface area contributed by atoms with E-state index in [0.717, 1.165) is 0 Å². The predicted octanol–water partition coefficient (Wildman–Crippen LogP) is 2.40. The van der Waals surface area contributed by atoms with Gasteiger partial charge < -0.3 is 0 Å². The van der Waals surface area contributed by atoms with Crippen LogP contribution in [-0.2, 0) is 7.05 Å². The number of rotatable bonds is 0. The van der Waals surface area contributed by atoms with E-state index in [1.807, 2.05) is 0 Å². The summed E-state index contributed by atoms with van der Waals surface area (Å²) in [6.07, 6.45) is 0. The van der Waals surface area contributed by atoms with Crippen molar-refractivity contribution in [1.82, 2.24) is 3.35 Å². The summed E-state index contributed by atoms with van der Waals surface area (Å²) in [4.78, 5) is 0. The second kappa shape index (κ2) is 2.11. The molecule has 0 aliphatic carbocycles. The van der Waals surface area contributed by atoms with E-state index in [-0.39, 0.29) is 0 Å². The summed E-state index contributed by atoms with van der Waals surface area (Å²) >= 11 is 0. The van der Waals surface area contributed by atoms with Gasteiger partial charge in [0.1, 0.15) is 0 Å². The first kappa shape index (κ1) is 4.83. The second-order valence-electron chi connectivity index (χ2n) is 0.725. The monoisotopic (exact) mass is 157 g/mol. The molecule has 0 spiro atoms. The van der Waals surface area contributed by atoms with Crippen molar-refractivity contribution >= 4 is 39.8 Å². The zero-order valence-electron chi connectivity index (χ0n) is 3.08. The van der Waals surface area contributed by atoms with Crippen LogP contribution in [0.2, 0.25) is 0 Å². The second-order valence-corrected chi connectivity index (χ2v) is 6.78. The largest absolute Gasteiger partial charge is 0.237 e. The molecule has 6 heavy (non-hydrogen) atoms. The molecule has 0 N–H and O–H groups in total. The van der Waals surface area contributed by atoms with Crippen LogP contribution in [0.1, 0.15) is 0 Å². The van der Waals surface area contributed by atoms with Crippen LogP contribution in [0.25, 0.3) is 0 Å². The topological polar surface area (TPSA) is 4.93 Å². The lowest BCUT2D eigenvalue weighted by atomic mass is 11.6. The lowest BCUT2D eigenvalue weighted by molar-refractivity contribution is 1.16. The fourth-order valence-corrected chi connectivity index (χ4v) is 6.67. The van der Waals surface area contributed by atoms with Crippen LogP contribution in [0.3, 0.4) is 0 Å². The summed E-state index contributed by atoms with van der Waals surface area (Å²) in [5.74, 6) is 0. The fourth-order valence-electron chi connectivity index (χ4n) is 0.123. The van der Waals surface area contributed by atoms with Crippen molar-refractivity contribution in [2.45, 2.75) is 0 Å². The quantitative estimate of drug-likeness (QED) is 0.510. The Morgan fingerprint density at radius 2 is 1.67 bits per heavy atom. The molecule has 1 nitrogen and oxygen atoms in total. The SMILES string of the molecule is Cn1ssss1. The average molecular weight is 157 g/mol. The van der Waals surface area contributed by atoms with E-state index in [9.17, 15) is 0 Å². The normalized spacial score (nSPS) is 8.83. The minimum absolute atomic E-state index is 1.77. The van der Waals surface area contributed by atoms with E-state index in [2.05, 4.69) is 10.4 Å². The predicted molar refractivity (Wildman–Crippen MR) is 34.5 cm³/mol. The number of hydrogen-bond donors (Lipinski definition) is 0. The Labute approximate surface area is 50.2 Å². The van der Waals surface area contributed by atoms with E-state index in [1.165, 1.54) is 0 Å². The van der Waals surface area contributed by atoms with Crippen LogP contribution >= 0.6 is 39.8 Å². The first-order valence-electron chi connectivity index (χ1n) is 1.31. The standard InChI is InChI=1S/CH3NS4/c1-2-3-5-6-4-2/h1H3. The van der Waals surface area contributed by atoms with Gasteiger partial charge in [-0.05, 0) is 0 Å². The van der Waals surface area contributed by atoms with Crippen molar-refractivity contribution < 1.29 is 0 Å². The van der Waals surface area contributed by atoms with Gasteiger partial charge in [0.25, 0.3) is 0 Å². The summed E-state index contributed by atoms with van der Waals surface area (Å²) < 4.78 is 2.12. The third kappa shape index (κ3) is 1.07. The molecule has 0 radical (unpaired) electrons. The average Bonchev–Trinajstić information content (AvgIpc) is 1.86. The summed E-state index contributed by atoms with van der Waals surface area (Å²) in [7, 11) is 9.21. The molecule has 0 saturated heterocycles. The van der Waals surface area contributed by atoms with Gasteiger partial charge in [0.15, 0.2) is 0 Å². The van der Waals surface area contributed by atoms with Crippen LogP contribution in [0.5, 0.6) is 0 Å². The summed E-state index contributed by atoms with van der Waals surface area (Å²) in [5.41, 5.74) is 0. The minimum Gasteiger partial charge on any atom is -0.237 e. The first-order chi connectivity index (χ1) is 2.89. The fraction of sp³-hybridized carbons (Fsp3) is 1.00. The van der Waals surface area contributed by atoms with Gasteiger partial charge in [-0.1, -0.05) is 0 Å². The highest BCUT2D eigenvalue weighted by Gasteiger charge is 1.73. The van der Waals surface area contributed by atoms with Gasteiger partial charge in [0, 0.05) is 46.8 Å². The molecule has 5 heteroatoms. The van der Waals surface area contributed by atoms with Crippen molar-refractivity contribution in [3.05, 3.63) is 0 Å². The Morgan fingerprint density at radius 3 is 1.83 bits per heavy atom.